The molecule has 0 aliphatic heterocycles. The van der Waals surface area contributed by atoms with Crippen LogP contribution < -0.4 is 11.1 Å². The van der Waals surface area contributed by atoms with Crippen LogP contribution in [-0.4, -0.2) is 12.5 Å². The average molecular weight is 276 g/mol. The number of benzene rings is 2. The van der Waals surface area contributed by atoms with Crippen LogP contribution in [0.3, 0.4) is 0 Å². The van der Waals surface area contributed by atoms with E-state index in [9.17, 15) is 9.18 Å². The van der Waals surface area contributed by atoms with Gasteiger partial charge in [0.15, 0.2) is 0 Å². The van der Waals surface area contributed by atoms with E-state index in [1.165, 1.54) is 23.9 Å². The molecule has 0 heterocycles. The van der Waals surface area contributed by atoms with E-state index in [1.807, 2.05) is 18.2 Å². The Morgan fingerprint density at radius 2 is 1.84 bits per heavy atom. The first-order valence-electron chi connectivity index (χ1n) is 5.71. The Hall–Kier alpha value is -1.85. The van der Waals surface area contributed by atoms with Crippen LogP contribution in [0.25, 0.3) is 0 Å². The Balaban J connectivity index is 2.20. The third kappa shape index (κ3) is 3.81. The highest BCUT2D eigenvalue weighted by Crippen LogP contribution is 2.33. The van der Waals surface area contributed by atoms with Gasteiger partial charge in [-0.1, -0.05) is 23.9 Å². The Bertz CT molecular complexity index is 572. The first-order valence-corrected chi connectivity index (χ1v) is 6.53. The molecule has 0 bridgehead atoms. The second-order valence-corrected chi connectivity index (χ2v) is 4.92. The number of hydrogen-bond donors (Lipinski definition) is 2. The fourth-order valence-corrected chi connectivity index (χ4v) is 2.39. The smallest absolute Gasteiger partial charge is 0.238 e. The third-order valence-corrected chi connectivity index (χ3v) is 3.47. The molecular formula is C14H13FN2OS. The number of hydrogen-bond acceptors (Lipinski definition) is 3. The van der Waals surface area contributed by atoms with Gasteiger partial charge >= 0.3 is 0 Å². The second kappa shape index (κ2) is 6.36. The number of rotatable bonds is 4. The lowest BCUT2D eigenvalue weighted by atomic mass is 10.3. The maximum Gasteiger partial charge on any atom is 0.238 e. The number of para-hydroxylation sites is 1. The van der Waals surface area contributed by atoms with E-state index in [-0.39, 0.29) is 18.3 Å². The van der Waals surface area contributed by atoms with Gasteiger partial charge in [0.1, 0.15) is 5.82 Å². The fourth-order valence-electron chi connectivity index (χ4n) is 1.49. The molecule has 3 nitrogen and oxygen atoms in total. The zero-order valence-electron chi connectivity index (χ0n) is 10.1. The molecule has 0 saturated carbocycles. The minimum Gasteiger partial charge on any atom is -0.324 e. The molecule has 0 atom stereocenters. The maximum absolute atomic E-state index is 12.8. The normalized spacial score (nSPS) is 10.2. The summed E-state index contributed by atoms with van der Waals surface area (Å²) in [5.41, 5.74) is 5.98. The van der Waals surface area contributed by atoms with Gasteiger partial charge in [0.05, 0.1) is 12.2 Å². The number of nitrogens with two attached hydrogens (primary N) is 1. The maximum atomic E-state index is 12.8. The first-order chi connectivity index (χ1) is 9.19. The molecule has 98 valence electrons. The molecule has 0 aliphatic rings. The Morgan fingerprint density at radius 3 is 2.53 bits per heavy atom. The van der Waals surface area contributed by atoms with E-state index >= 15 is 0 Å². The molecule has 1 amide bonds. The van der Waals surface area contributed by atoms with Crippen LogP contribution in [0.15, 0.2) is 58.3 Å². The highest BCUT2D eigenvalue weighted by Gasteiger charge is 2.06. The Kier molecular flexibility index (Phi) is 4.54. The van der Waals surface area contributed by atoms with Crippen molar-refractivity contribution in [2.24, 2.45) is 5.73 Å². The van der Waals surface area contributed by atoms with Gasteiger partial charge in [-0.3, -0.25) is 4.79 Å². The lowest BCUT2D eigenvalue weighted by molar-refractivity contribution is -0.114. The first kappa shape index (κ1) is 13.6. The molecule has 0 spiro atoms. The van der Waals surface area contributed by atoms with Crippen molar-refractivity contribution >= 4 is 23.4 Å². The number of amides is 1. The summed E-state index contributed by atoms with van der Waals surface area (Å²) in [6.45, 7) is -0.0600. The summed E-state index contributed by atoms with van der Waals surface area (Å²) >= 11 is 1.45. The largest absolute Gasteiger partial charge is 0.324 e. The molecule has 3 N–H and O–H groups in total. The van der Waals surface area contributed by atoms with Gasteiger partial charge in [-0.15, -0.1) is 0 Å². The van der Waals surface area contributed by atoms with E-state index in [2.05, 4.69) is 5.32 Å². The number of anilines is 1. The van der Waals surface area contributed by atoms with Crippen LogP contribution in [-0.2, 0) is 4.79 Å². The van der Waals surface area contributed by atoms with Crippen molar-refractivity contribution in [2.75, 3.05) is 11.9 Å². The molecule has 19 heavy (non-hydrogen) atoms. The molecule has 0 aromatic heterocycles. The van der Waals surface area contributed by atoms with E-state index in [0.29, 0.717) is 5.69 Å². The molecule has 0 radical (unpaired) electrons. The molecule has 5 heteroatoms. The summed E-state index contributed by atoms with van der Waals surface area (Å²) in [4.78, 5) is 13.1. The molecule has 2 aromatic carbocycles. The van der Waals surface area contributed by atoms with Crippen molar-refractivity contribution in [2.45, 2.75) is 9.79 Å². The van der Waals surface area contributed by atoms with Gasteiger partial charge in [0.25, 0.3) is 0 Å². The van der Waals surface area contributed by atoms with E-state index in [4.69, 9.17) is 5.73 Å². The van der Waals surface area contributed by atoms with Crippen molar-refractivity contribution in [3.05, 3.63) is 54.3 Å². The predicted octanol–water partition coefficient (Wildman–Crippen LogP) is 2.87. The van der Waals surface area contributed by atoms with Crippen LogP contribution in [0.4, 0.5) is 10.1 Å². The van der Waals surface area contributed by atoms with Crippen molar-refractivity contribution in [3.8, 4) is 0 Å². The monoisotopic (exact) mass is 276 g/mol. The van der Waals surface area contributed by atoms with Gasteiger partial charge in [-0.05, 0) is 36.4 Å². The summed E-state index contributed by atoms with van der Waals surface area (Å²) < 4.78 is 12.8. The summed E-state index contributed by atoms with van der Waals surface area (Å²) in [7, 11) is 0. The van der Waals surface area contributed by atoms with Crippen molar-refractivity contribution in [1.82, 2.24) is 0 Å². The van der Waals surface area contributed by atoms with Gasteiger partial charge in [-0.2, -0.15) is 0 Å². The van der Waals surface area contributed by atoms with E-state index in [0.717, 1.165) is 9.79 Å². The summed E-state index contributed by atoms with van der Waals surface area (Å²) in [6, 6.07) is 13.6. The van der Waals surface area contributed by atoms with Gasteiger partial charge < -0.3 is 11.1 Å². The molecular weight excluding hydrogens is 263 g/mol. The molecule has 0 fully saturated rings. The predicted molar refractivity (Wildman–Crippen MR) is 74.6 cm³/mol. The number of halogens is 1. The van der Waals surface area contributed by atoms with Crippen LogP contribution >= 0.6 is 11.8 Å². The molecule has 0 unspecified atom stereocenters. The summed E-state index contributed by atoms with van der Waals surface area (Å²) in [6.07, 6.45) is 0. The van der Waals surface area contributed by atoms with Crippen LogP contribution in [0.2, 0.25) is 0 Å². The summed E-state index contributed by atoms with van der Waals surface area (Å²) in [5, 5.41) is 2.73. The standard InChI is InChI=1S/C14H13FN2OS/c15-10-5-7-11(8-6-10)19-13-4-2-1-3-12(13)17-14(18)9-16/h1-8H,9,16H2,(H,17,18). The van der Waals surface area contributed by atoms with Crippen LogP contribution in [0, 0.1) is 5.82 Å². The SMILES string of the molecule is NCC(=O)Nc1ccccc1Sc1ccc(F)cc1. The van der Waals surface area contributed by atoms with Gasteiger partial charge in [0, 0.05) is 9.79 Å². The quantitative estimate of drug-likeness (QED) is 0.902. The van der Waals surface area contributed by atoms with Gasteiger partial charge in [0.2, 0.25) is 5.91 Å². The Labute approximate surface area is 115 Å². The van der Waals surface area contributed by atoms with E-state index in [1.54, 1.807) is 18.2 Å². The highest BCUT2D eigenvalue weighted by molar-refractivity contribution is 7.99. The number of carbonyl (C=O) groups excluding carboxylic acids is 1. The molecule has 0 aliphatic carbocycles. The van der Waals surface area contributed by atoms with Crippen molar-refractivity contribution in [1.29, 1.82) is 0 Å². The minimum absolute atomic E-state index is 0.0600. The topological polar surface area (TPSA) is 55.1 Å². The van der Waals surface area contributed by atoms with Crippen LogP contribution in [0.1, 0.15) is 0 Å². The van der Waals surface area contributed by atoms with Crippen molar-refractivity contribution < 1.29 is 9.18 Å². The number of nitrogens with one attached hydrogen (secondary N) is 1. The lowest BCUT2D eigenvalue weighted by Crippen LogP contribution is -2.22. The lowest BCUT2D eigenvalue weighted by Gasteiger charge is -2.09. The highest BCUT2D eigenvalue weighted by atomic mass is 32.2. The van der Waals surface area contributed by atoms with Crippen LogP contribution in [0.5, 0.6) is 0 Å². The summed E-state index contributed by atoms with van der Waals surface area (Å²) in [5.74, 6) is -0.513. The third-order valence-electron chi connectivity index (χ3n) is 2.39. The molecule has 2 aromatic rings. The fraction of sp³-hybridized carbons (Fsp3) is 0.0714. The Morgan fingerprint density at radius 1 is 1.16 bits per heavy atom. The minimum atomic E-state index is -0.269. The van der Waals surface area contributed by atoms with Gasteiger partial charge in [-0.25, -0.2) is 4.39 Å². The second-order valence-electron chi connectivity index (χ2n) is 3.80. The molecule has 0 saturated heterocycles. The van der Waals surface area contributed by atoms with E-state index < -0.39 is 0 Å². The molecule has 2 rings (SSSR count). The number of carbonyl (C=O) groups is 1. The zero-order chi connectivity index (χ0) is 13.7. The zero-order valence-corrected chi connectivity index (χ0v) is 10.9. The average Bonchev–Trinajstić information content (AvgIpc) is 2.43. The van der Waals surface area contributed by atoms with Crippen molar-refractivity contribution in [3.63, 3.8) is 0 Å².